The number of guanidine groups is 1. The third-order valence-corrected chi connectivity index (χ3v) is 25.8. The molecule has 0 radical (unpaired) electrons. The lowest BCUT2D eigenvalue weighted by Gasteiger charge is -2.27. The maximum Gasteiger partial charge on any atom is 0.304 e. The minimum absolute atomic E-state index is 0.0000774. The fraction of sp³-hybridized carbons (Fsp3) is 0.697. The number of amides is 9. The van der Waals surface area contributed by atoms with Gasteiger partial charge in [-0.3, -0.25) is 86.5 Å². The summed E-state index contributed by atoms with van der Waals surface area (Å²) in [6, 6.07) is 1.97. The van der Waals surface area contributed by atoms with Gasteiger partial charge in [0.1, 0.15) is 23.6 Å². The Balaban J connectivity index is 2.49. The highest BCUT2D eigenvalue weighted by molar-refractivity contribution is 7.98. The molecular formula is C99H163N15O22S2. The van der Waals surface area contributed by atoms with Crippen LogP contribution in [-0.4, -0.2) is 236 Å². The number of phenolic OH excluding ortho intramolecular Hbond substituents is 2. The van der Waals surface area contributed by atoms with Gasteiger partial charge in [-0.25, -0.2) is 0 Å². The molecule has 0 aliphatic heterocycles. The van der Waals surface area contributed by atoms with Crippen LogP contribution in [0.2, 0.25) is 0 Å². The van der Waals surface area contributed by atoms with Gasteiger partial charge in [-0.05, 0) is 201 Å². The van der Waals surface area contributed by atoms with Crippen LogP contribution in [0.5, 0.6) is 11.5 Å². The molecule has 0 fully saturated rings. The predicted octanol–water partition coefficient (Wildman–Crippen LogP) is 6.15. The number of nitrogens with zero attached hydrogens (tertiary/aromatic N) is 1. The summed E-state index contributed by atoms with van der Waals surface area (Å²) in [5.41, 5.74) is 41.3. The van der Waals surface area contributed by atoms with E-state index in [1.54, 1.807) is 20.1 Å². The molecule has 0 bridgehead atoms. The number of aliphatic hydroxyl groups is 2. The first-order valence-electron chi connectivity index (χ1n) is 49.3. The molecule has 14 atom stereocenters. The van der Waals surface area contributed by atoms with Gasteiger partial charge in [-0.2, -0.15) is 23.5 Å². The van der Waals surface area contributed by atoms with Gasteiger partial charge in [-0.15, -0.1) is 0 Å². The fourth-order valence-electron chi connectivity index (χ4n) is 16.3. The molecule has 2 aromatic rings. The monoisotopic (exact) mass is 1980 g/mol. The van der Waals surface area contributed by atoms with Crippen LogP contribution >= 0.6 is 23.5 Å². The van der Waals surface area contributed by atoms with Crippen molar-refractivity contribution in [2.45, 2.75) is 339 Å². The van der Waals surface area contributed by atoms with E-state index in [1.807, 2.05) is 6.26 Å². The number of carboxylic acids is 1. The van der Waals surface area contributed by atoms with Crippen molar-refractivity contribution < 1.29 is 107 Å². The SMILES string of the molecule is CCCCCCCCCCCCCCCC(=O)N[C@@H](CCSC)C(=O)CCC(=O)N[C@@H](Cc1ccc(O)cc1)C(=O)C[C@@H](CCC(N)=O)C(=O)N[C@@H](CCCCN)C(=O)C[C@@H](CCCCN)C(=O)N[C@@H](CC(C)C)C(=O)C[C@@H](CCCN=C(N)N)C(=O)N[C@@H](CO)C(=O)C[C@@H](CCSC)C(=O)N[C@H](C(=O)C[C@@H](CC(=O)O)C(=O)N[C@@H](CCCCN)C(=O)C[C@@H](Cc1ccc(O)cc1)C(N)=O)[C@@H](C)O. The van der Waals surface area contributed by atoms with Crippen LogP contribution in [0.1, 0.15) is 289 Å². The maximum atomic E-state index is 15.0. The highest BCUT2D eigenvalue weighted by atomic mass is 32.2. The number of carboxylic acid groups (broad SMARTS) is 1. The van der Waals surface area contributed by atoms with E-state index in [0.29, 0.717) is 61.8 Å². The number of nitrogens with one attached hydrogen (secondary N) is 7. The molecule has 2 rings (SSSR count). The number of nitrogens with two attached hydrogens (primary N) is 7. The van der Waals surface area contributed by atoms with Gasteiger partial charge in [0.2, 0.25) is 53.2 Å². The summed E-state index contributed by atoms with van der Waals surface area (Å²) in [4.78, 5) is 243. The molecule has 0 heterocycles. The molecule has 0 spiro atoms. The second-order valence-electron chi connectivity index (χ2n) is 36.8. The van der Waals surface area contributed by atoms with Crippen molar-refractivity contribution in [3.8, 4) is 11.5 Å². The summed E-state index contributed by atoms with van der Waals surface area (Å²) in [5, 5.41) is 70.7. The zero-order valence-corrected chi connectivity index (χ0v) is 83.8. The smallest absolute Gasteiger partial charge is 0.304 e. The average Bonchev–Trinajstić information content (AvgIpc) is 0.852. The van der Waals surface area contributed by atoms with Gasteiger partial charge in [-0.1, -0.05) is 129 Å². The lowest BCUT2D eigenvalue weighted by molar-refractivity contribution is -0.143. The number of thioether (sulfide) groups is 2. The number of carbonyl (C=O) groups excluding carboxylic acids is 16. The molecule has 0 saturated carbocycles. The highest BCUT2D eigenvalue weighted by Gasteiger charge is 2.40. The van der Waals surface area contributed by atoms with E-state index < -0.39 is 230 Å². The third-order valence-electron chi connectivity index (χ3n) is 24.5. The van der Waals surface area contributed by atoms with Crippen LogP contribution in [0.15, 0.2) is 53.5 Å². The number of Topliss-reactive ketones (excluding diaryl/α,β-unsaturated/α-hetero) is 7. The molecule has 2 aromatic carbocycles. The number of benzene rings is 2. The first-order chi connectivity index (χ1) is 65.7. The molecule has 0 aliphatic rings. The first-order valence-corrected chi connectivity index (χ1v) is 52.1. The van der Waals surface area contributed by atoms with E-state index in [0.717, 1.165) is 32.6 Å². The Kier molecular flexibility index (Phi) is 65.3. The molecule has 0 saturated heterocycles. The molecule has 778 valence electrons. The van der Waals surface area contributed by atoms with E-state index in [-0.39, 0.29) is 157 Å². The van der Waals surface area contributed by atoms with Gasteiger partial charge >= 0.3 is 5.97 Å². The number of unbranched alkanes of at least 4 members (excludes halogenated alkanes) is 15. The molecule has 0 aliphatic carbocycles. The van der Waals surface area contributed by atoms with Crippen molar-refractivity contribution in [1.29, 1.82) is 0 Å². The van der Waals surface area contributed by atoms with Crippen molar-refractivity contribution in [1.82, 2.24) is 37.2 Å². The number of ketones is 7. The van der Waals surface area contributed by atoms with Gasteiger partial charge in [0, 0.05) is 100 Å². The van der Waals surface area contributed by atoms with E-state index in [1.165, 1.54) is 123 Å². The minimum Gasteiger partial charge on any atom is -0.508 e. The standard InChI is InChI=1S/C99H163N15O22S2/c1-7-8-9-10-11-12-13-14-15-16-17-18-19-31-89(127)108-77(45-51-138-6)81(119)41-43-90(128)109-79(54-66-34-39-74(118)40-35-66)85(123)57-69(36-42-88(103)126)96(134)110-75(29-21-24-47-101)82(120)55-67(27-20-23-46-100)94(132)112-78(52-63(2)3)84(122)56-68(28-26-49-107-99(105)106)95(133)113-80(62-115)86(124)58-70(44-50-137-5)97(135)114-92(64(4)116)87(125)60-72(61-91(129)130)98(136)111-76(30-22-25-48-102)83(121)59-71(93(104)131)53-65-32-37-73(117)38-33-65/h32-35,37-40,63-64,67-72,75-80,92,115-118H,7-31,36,41-62,100-102H2,1-6H3,(H2,103,126)(H2,104,131)(H,108,127)(H,109,128)(H,110,134)(H,111,136)(H,112,132)(H,113,133)(H,114,135)(H,129,130)(H4,105,106,107)/t64-,67-,68-,69-,70-,71-,72+,75+,76+,77+,78+,79+,80+,92+/m1/s1. The van der Waals surface area contributed by atoms with E-state index in [9.17, 15) is 107 Å². The normalized spacial score (nSPS) is 14.4. The number of phenols is 2. The largest absolute Gasteiger partial charge is 0.508 e. The Morgan fingerprint density at radius 2 is 0.754 bits per heavy atom. The molecule has 9 amide bonds. The minimum atomic E-state index is -1.82. The molecular weight excluding hydrogens is 1820 g/mol. The molecule has 37 nitrogen and oxygen atoms in total. The summed E-state index contributed by atoms with van der Waals surface area (Å²) < 4.78 is 0. The summed E-state index contributed by atoms with van der Waals surface area (Å²) in [6.45, 7) is 6.41. The van der Waals surface area contributed by atoms with Crippen LogP contribution in [0.25, 0.3) is 0 Å². The van der Waals surface area contributed by atoms with Crippen molar-refractivity contribution >= 4 is 129 Å². The predicted molar refractivity (Wildman–Crippen MR) is 533 cm³/mol. The van der Waals surface area contributed by atoms with Gasteiger partial charge in [0.25, 0.3) is 0 Å². The van der Waals surface area contributed by atoms with Crippen molar-refractivity contribution in [2.75, 3.05) is 56.8 Å². The van der Waals surface area contributed by atoms with Crippen LogP contribution < -0.4 is 77.4 Å². The van der Waals surface area contributed by atoms with Gasteiger partial charge < -0.3 is 103 Å². The second-order valence-corrected chi connectivity index (χ2v) is 38.8. The van der Waals surface area contributed by atoms with Crippen LogP contribution in [0, 0.1) is 41.4 Å². The number of hydrogen-bond donors (Lipinski definition) is 19. The average molecular weight is 1980 g/mol. The highest BCUT2D eigenvalue weighted by Crippen LogP contribution is 2.28. The Morgan fingerprint density at radius 1 is 0.370 bits per heavy atom. The number of primary amides is 2. The van der Waals surface area contributed by atoms with Crippen molar-refractivity contribution in [3.63, 3.8) is 0 Å². The van der Waals surface area contributed by atoms with Crippen molar-refractivity contribution in [3.05, 3.63) is 59.7 Å². The summed E-state index contributed by atoms with van der Waals surface area (Å²) in [5.74, 6) is -21.4. The Hall–Kier alpha value is -9.80. The van der Waals surface area contributed by atoms with Gasteiger partial charge in [0.15, 0.2) is 46.4 Å². The van der Waals surface area contributed by atoms with E-state index >= 15 is 0 Å². The number of aliphatic carboxylic acids is 1. The van der Waals surface area contributed by atoms with E-state index in [4.69, 9.17) is 40.1 Å². The van der Waals surface area contributed by atoms with Crippen LogP contribution in [0.3, 0.4) is 0 Å². The number of aromatic hydroxyl groups is 2. The number of aliphatic imine (C=N–C) groups is 1. The number of rotatable bonds is 84. The van der Waals surface area contributed by atoms with Crippen LogP contribution in [-0.2, 0) is 94.3 Å². The molecule has 138 heavy (non-hydrogen) atoms. The zero-order chi connectivity index (χ0) is 103. The zero-order valence-electron chi connectivity index (χ0n) is 82.2. The Bertz CT molecular complexity index is 4100. The second kappa shape index (κ2) is 72.5. The first kappa shape index (κ1) is 124. The topological polar surface area (TPSA) is 670 Å². The van der Waals surface area contributed by atoms with Crippen LogP contribution in [0.4, 0.5) is 0 Å². The third kappa shape index (κ3) is 54.1. The molecule has 39 heteroatoms. The Morgan fingerprint density at radius 3 is 1.21 bits per heavy atom. The number of hydrogen-bond acceptors (Lipinski definition) is 27. The van der Waals surface area contributed by atoms with Crippen molar-refractivity contribution in [2.24, 2.45) is 86.6 Å². The van der Waals surface area contributed by atoms with Gasteiger partial charge in [0.05, 0.1) is 55.3 Å². The number of carbonyl (C=O) groups is 17. The quantitative estimate of drug-likeness (QED) is 0.0200. The summed E-state index contributed by atoms with van der Waals surface area (Å²) >= 11 is 2.77. The molecule has 0 unspecified atom stereocenters. The number of aliphatic hydroxyl groups excluding tert-OH is 2. The maximum absolute atomic E-state index is 15.0. The molecule has 0 aromatic heterocycles. The summed E-state index contributed by atoms with van der Waals surface area (Å²) in [7, 11) is 0. The van der Waals surface area contributed by atoms with E-state index in [2.05, 4.69) is 49.1 Å². The molecule has 26 N–H and O–H groups in total. The fourth-order valence-corrected chi connectivity index (χ4v) is 17.3. The lowest BCUT2D eigenvalue weighted by atomic mass is 9.87. The summed E-state index contributed by atoms with van der Waals surface area (Å²) in [6.07, 6.45) is 13.1. The Labute approximate surface area is 822 Å². The lowest BCUT2D eigenvalue weighted by Crippen LogP contribution is -2.52.